The Kier molecular flexibility index (Phi) is 4.98. The van der Waals surface area contributed by atoms with E-state index in [1.807, 2.05) is 14.1 Å². The Morgan fingerprint density at radius 1 is 1.55 bits per heavy atom. The molecule has 0 amide bonds. The zero-order chi connectivity index (χ0) is 14.5. The van der Waals surface area contributed by atoms with Gasteiger partial charge in [0, 0.05) is 27.2 Å². The van der Waals surface area contributed by atoms with Crippen LogP contribution in [0.25, 0.3) is 0 Å². The van der Waals surface area contributed by atoms with Crippen LogP contribution < -0.4 is 5.32 Å². The van der Waals surface area contributed by atoms with Gasteiger partial charge in [0.2, 0.25) is 0 Å². The summed E-state index contributed by atoms with van der Waals surface area (Å²) in [5, 5.41) is 7.46. The molecule has 1 saturated heterocycles. The van der Waals surface area contributed by atoms with E-state index in [-0.39, 0.29) is 0 Å². The second-order valence-electron chi connectivity index (χ2n) is 5.93. The number of guanidine groups is 1. The average molecular weight is 278 g/mol. The number of nitrogens with zero attached hydrogens (tertiary/aromatic N) is 5. The highest BCUT2D eigenvalue weighted by molar-refractivity contribution is 5.80. The van der Waals surface area contributed by atoms with Gasteiger partial charge in [0.25, 0.3) is 0 Å². The summed E-state index contributed by atoms with van der Waals surface area (Å²) in [6.07, 6.45) is 4.15. The van der Waals surface area contributed by atoms with Gasteiger partial charge in [-0.25, -0.2) is 4.98 Å². The highest BCUT2D eigenvalue weighted by atomic mass is 15.3. The predicted octanol–water partition coefficient (Wildman–Crippen LogP) is 1.26. The minimum absolute atomic E-state index is 0.661. The number of rotatable bonds is 4. The topological polar surface area (TPSA) is 58.3 Å². The van der Waals surface area contributed by atoms with Crippen molar-refractivity contribution in [2.45, 2.75) is 33.2 Å². The minimum atomic E-state index is 0.661. The number of nitrogens with one attached hydrogen (secondary N) is 1. The van der Waals surface area contributed by atoms with Crippen LogP contribution in [0, 0.1) is 11.8 Å². The van der Waals surface area contributed by atoms with E-state index in [0.717, 1.165) is 36.7 Å². The summed E-state index contributed by atoms with van der Waals surface area (Å²) < 4.78 is 1.78. The van der Waals surface area contributed by atoms with Crippen molar-refractivity contribution in [2.75, 3.05) is 20.1 Å². The van der Waals surface area contributed by atoms with Crippen molar-refractivity contribution >= 4 is 5.96 Å². The molecule has 0 aliphatic carbocycles. The van der Waals surface area contributed by atoms with Gasteiger partial charge < -0.3 is 10.2 Å². The molecule has 1 atom stereocenters. The molecule has 1 aromatic heterocycles. The lowest BCUT2D eigenvalue weighted by Crippen LogP contribution is -2.40. The van der Waals surface area contributed by atoms with Crippen LogP contribution in [0.5, 0.6) is 0 Å². The molecule has 1 unspecified atom stereocenters. The quantitative estimate of drug-likeness (QED) is 0.665. The maximum Gasteiger partial charge on any atom is 0.194 e. The van der Waals surface area contributed by atoms with E-state index in [1.54, 1.807) is 11.0 Å². The van der Waals surface area contributed by atoms with E-state index in [2.05, 4.69) is 39.1 Å². The largest absolute Gasteiger partial charge is 0.349 e. The molecule has 0 radical (unpaired) electrons. The summed E-state index contributed by atoms with van der Waals surface area (Å²) in [4.78, 5) is 11.0. The monoisotopic (exact) mass is 278 g/mol. The van der Waals surface area contributed by atoms with Crippen LogP contribution in [0.2, 0.25) is 0 Å². The van der Waals surface area contributed by atoms with Crippen molar-refractivity contribution in [3.63, 3.8) is 0 Å². The van der Waals surface area contributed by atoms with Crippen LogP contribution in [0.15, 0.2) is 11.3 Å². The van der Waals surface area contributed by atoms with Crippen LogP contribution in [-0.4, -0.2) is 45.8 Å². The third kappa shape index (κ3) is 3.71. The molecule has 1 fully saturated rings. The molecule has 112 valence electrons. The summed E-state index contributed by atoms with van der Waals surface area (Å²) in [6, 6.07) is 0. The van der Waals surface area contributed by atoms with Gasteiger partial charge in [0.1, 0.15) is 12.2 Å². The Morgan fingerprint density at radius 2 is 2.35 bits per heavy atom. The SMILES string of the molecule is CN=C(NCc1ncnn1C)N1CCC(CC(C)C)C1. The van der Waals surface area contributed by atoms with Crippen molar-refractivity contribution in [1.82, 2.24) is 25.0 Å². The van der Waals surface area contributed by atoms with Gasteiger partial charge >= 0.3 is 0 Å². The first-order chi connectivity index (χ1) is 9.60. The van der Waals surface area contributed by atoms with Crippen LogP contribution in [0.1, 0.15) is 32.5 Å². The number of aromatic nitrogens is 3. The molecule has 2 heterocycles. The lowest BCUT2D eigenvalue weighted by molar-refractivity contribution is 0.403. The fourth-order valence-electron chi connectivity index (χ4n) is 2.85. The first-order valence-corrected chi connectivity index (χ1v) is 7.38. The lowest BCUT2D eigenvalue weighted by Gasteiger charge is -2.21. The van der Waals surface area contributed by atoms with E-state index in [9.17, 15) is 0 Å². The molecule has 1 aliphatic heterocycles. The van der Waals surface area contributed by atoms with Crippen LogP contribution in [0.4, 0.5) is 0 Å². The summed E-state index contributed by atoms with van der Waals surface area (Å²) in [7, 11) is 3.75. The van der Waals surface area contributed by atoms with Crippen LogP contribution >= 0.6 is 0 Å². The van der Waals surface area contributed by atoms with E-state index < -0.39 is 0 Å². The van der Waals surface area contributed by atoms with Gasteiger partial charge in [-0.3, -0.25) is 9.67 Å². The molecule has 0 aromatic carbocycles. The summed E-state index contributed by atoms with van der Waals surface area (Å²) >= 11 is 0. The summed E-state index contributed by atoms with van der Waals surface area (Å²) in [6.45, 7) is 7.45. The lowest BCUT2D eigenvalue weighted by atomic mass is 9.97. The molecule has 1 aliphatic rings. The number of hydrogen-bond donors (Lipinski definition) is 1. The molecule has 20 heavy (non-hydrogen) atoms. The standard InChI is InChI=1S/C14H26N6/c1-11(2)7-12-5-6-20(9-12)14(15-3)16-8-13-17-10-18-19(13)4/h10-12H,5-9H2,1-4H3,(H,15,16). The van der Waals surface area contributed by atoms with Gasteiger partial charge in [-0.2, -0.15) is 5.10 Å². The molecule has 6 nitrogen and oxygen atoms in total. The fourth-order valence-corrected chi connectivity index (χ4v) is 2.85. The molecular formula is C14H26N6. The minimum Gasteiger partial charge on any atom is -0.349 e. The number of likely N-dealkylation sites (tertiary alicyclic amines) is 1. The average Bonchev–Trinajstić information content (AvgIpc) is 3.00. The Bertz CT molecular complexity index is 450. The Balaban J connectivity index is 1.85. The maximum absolute atomic E-state index is 4.39. The summed E-state index contributed by atoms with van der Waals surface area (Å²) in [5.74, 6) is 3.46. The molecule has 1 N–H and O–H groups in total. The van der Waals surface area contributed by atoms with E-state index in [4.69, 9.17) is 0 Å². The zero-order valence-electron chi connectivity index (χ0n) is 13.0. The van der Waals surface area contributed by atoms with Gasteiger partial charge in [0.15, 0.2) is 5.96 Å². The molecule has 0 bridgehead atoms. The molecule has 2 rings (SSSR count). The third-order valence-corrected chi connectivity index (χ3v) is 3.81. The van der Waals surface area contributed by atoms with Crippen molar-refractivity contribution in [2.24, 2.45) is 23.9 Å². The number of aliphatic imine (C=N–C) groups is 1. The smallest absolute Gasteiger partial charge is 0.194 e. The zero-order valence-corrected chi connectivity index (χ0v) is 13.0. The first kappa shape index (κ1) is 14.8. The fraction of sp³-hybridized carbons (Fsp3) is 0.786. The molecular weight excluding hydrogens is 252 g/mol. The molecule has 1 aromatic rings. The second-order valence-corrected chi connectivity index (χ2v) is 5.93. The Hall–Kier alpha value is -1.59. The van der Waals surface area contributed by atoms with Gasteiger partial charge in [0.05, 0.1) is 6.54 Å². The normalized spacial score (nSPS) is 19.9. The van der Waals surface area contributed by atoms with E-state index in [1.165, 1.54) is 12.8 Å². The molecule has 0 saturated carbocycles. The van der Waals surface area contributed by atoms with Gasteiger partial charge in [-0.1, -0.05) is 13.8 Å². The number of hydrogen-bond acceptors (Lipinski definition) is 3. The van der Waals surface area contributed by atoms with Gasteiger partial charge in [-0.15, -0.1) is 0 Å². The van der Waals surface area contributed by atoms with Crippen molar-refractivity contribution < 1.29 is 0 Å². The second kappa shape index (κ2) is 6.72. The van der Waals surface area contributed by atoms with Gasteiger partial charge in [-0.05, 0) is 24.7 Å². The number of aryl methyl sites for hydroxylation is 1. The van der Waals surface area contributed by atoms with Crippen molar-refractivity contribution in [1.29, 1.82) is 0 Å². The van der Waals surface area contributed by atoms with Crippen molar-refractivity contribution in [3.8, 4) is 0 Å². The third-order valence-electron chi connectivity index (χ3n) is 3.81. The van der Waals surface area contributed by atoms with Crippen molar-refractivity contribution in [3.05, 3.63) is 12.2 Å². The van der Waals surface area contributed by atoms with E-state index >= 15 is 0 Å². The predicted molar refractivity (Wildman–Crippen MR) is 80.3 cm³/mol. The highest BCUT2D eigenvalue weighted by Gasteiger charge is 2.25. The Morgan fingerprint density at radius 3 is 2.95 bits per heavy atom. The van der Waals surface area contributed by atoms with E-state index in [0.29, 0.717) is 6.54 Å². The first-order valence-electron chi connectivity index (χ1n) is 7.38. The molecule has 6 heteroatoms. The van der Waals surface area contributed by atoms with Crippen LogP contribution in [-0.2, 0) is 13.6 Å². The highest BCUT2D eigenvalue weighted by Crippen LogP contribution is 2.23. The Labute approximate surface area is 121 Å². The summed E-state index contributed by atoms with van der Waals surface area (Å²) in [5.41, 5.74) is 0. The maximum atomic E-state index is 4.39. The molecule has 0 spiro atoms. The van der Waals surface area contributed by atoms with Crippen LogP contribution in [0.3, 0.4) is 0 Å².